The molecule has 15 aromatic rings. The van der Waals surface area contributed by atoms with Crippen molar-refractivity contribution in [1.82, 2.24) is 98.9 Å². The normalized spacial score (nSPS) is 16.4. The fourth-order valence-corrected chi connectivity index (χ4v) is 19.0. The highest BCUT2D eigenvalue weighted by Gasteiger charge is 2.27. The van der Waals surface area contributed by atoms with Crippen LogP contribution in [0.25, 0.3) is 81.6 Å². The second-order valence-electron chi connectivity index (χ2n) is 32.0. The van der Waals surface area contributed by atoms with Crippen LogP contribution in [0.2, 0.25) is 0 Å². The van der Waals surface area contributed by atoms with Crippen molar-refractivity contribution in [3.8, 4) is 16.9 Å². The van der Waals surface area contributed by atoms with E-state index in [4.69, 9.17) is 28.6 Å². The Morgan fingerprint density at radius 3 is 1.47 bits per heavy atom. The molecule has 6 aliphatic heterocycles. The molecule has 2 aromatic carbocycles. The number of nitrogens with zero attached hydrogens (tertiary/aromatic N) is 21. The third kappa shape index (κ3) is 20.5. The number of aromatic amines is 5. The average Bonchev–Trinajstić information content (AvgIpc) is 1.57. The van der Waals surface area contributed by atoms with Gasteiger partial charge in [-0.1, -0.05) is 86.0 Å². The molecule has 22 rings (SSSR count). The number of morpholine rings is 2. The van der Waals surface area contributed by atoms with E-state index in [2.05, 4.69) is 118 Å². The Hall–Kier alpha value is -12.7. The van der Waals surface area contributed by atoms with Gasteiger partial charge in [0.25, 0.3) is 33.4 Å². The summed E-state index contributed by atoms with van der Waals surface area (Å²) in [6, 6.07) is 26.6. The van der Waals surface area contributed by atoms with Crippen molar-refractivity contribution in [2.24, 2.45) is 0 Å². The smallest absolute Gasteiger partial charge is 0.327 e. The summed E-state index contributed by atoms with van der Waals surface area (Å²) in [7, 11) is 0. The van der Waals surface area contributed by atoms with Gasteiger partial charge in [0.15, 0.2) is 34.0 Å². The summed E-state index contributed by atoms with van der Waals surface area (Å²) >= 11 is 6.17. The summed E-state index contributed by atoms with van der Waals surface area (Å²) in [5.74, 6) is 3.42. The molecule has 7 fully saturated rings. The first kappa shape index (κ1) is 87.4. The van der Waals surface area contributed by atoms with Crippen LogP contribution < -0.4 is 62.8 Å². The molecule has 19 heterocycles. The number of aromatic nitrogens is 20. The number of carbonyl (C=O) groups is 1. The van der Waals surface area contributed by atoms with Gasteiger partial charge in [0.1, 0.15) is 37.5 Å². The highest BCUT2D eigenvalue weighted by Crippen LogP contribution is 2.35. The van der Waals surface area contributed by atoms with E-state index in [1.165, 1.54) is 97.5 Å². The fraction of sp³-hybridized carbons (Fsp3) is 0.432. The Bertz CT molecular complexity index is 6520. The molecule has 7 aliphatic rings. The fourth-order valence-electron chi connectivity index (χ4n) is 16.7. The van der Waals surface area contributed by atoms with E-state index in [1.54, 1.807) is 34.9 Å². The predicted molar refractivity (Wildman–Crippen MR) is 498 cm³/mol. The number of halogens is 1. The molecule has 6 saturated heterocycles. The van der Waals surface area contributed by atoms with Crippen molar-refractivity contribution < 1.29 is 23.4 Å². The molecule has 668 valence electrons. The first-order valence-electron chi connectivity index (χ1n) is 44.0. The number of carbonyl (C=O) groups excluding carboxylic acids is 1. The van der Waals surface area contributed by atoms with E-state index in [0.29, 0.717) is 161 Å². The van der Waals surface area contributed by atoms with Crippen LogP contribution in [0.5, 0.6) is 0 Å². The number of benzene rings is 2. The molecule has 128 heavy (non-hydrogen) atoms. The number of rotatable bonds is 14. The van der Waals surface area contributed by atoms with Crippen molar-refractivity contribution in [1.29, 1.82) is 0 Å². The third-order valence-corrected chi connectivity index (χ3v) is 26.2. The van der Waals surface area contributed by atoms with Crippen LogP contribution in [0, 0.1) is 0 Å². The zero-order valence-corrected chi connectivity index (χ0v) is 74.4. The second-order valence-corrected chi connectivity index (χ2v) is 34.7. The summed E-state index contributed by atoms with van der Waals surface area (Å²) in [5.41, 5.74) is 6.14. The highest BCUT2D eigenvalue weighted by atomic mass is 79.9. The lowest BCUT2D eigenvalue weighted by Crippen LogP contribution is -2.38. The molecule has 0 unspecified atom stereocenters. The zero-order chi connectivity index (χ0) is 87.8. The zero-order valence-electron chi connectivity index (χ0n) is 71.2. The Kier molecular flexibility index (Phi) is 28.3. The lowest BCUT2D eigenvalue weighted by Gasteiger charge is -2.27. The number of hydrogen-bond acceptors (Lipinski definition) is 30. The third-order valence-electron chi connectivity index (χ3n) is 23.4. The Morgan fingerprint density at radius 1 is 0.461 bits per heavy atom. The molecule has 0 bridgehead atoms. The van der Waals surface area contributed by atoms with Crippen molar-refractivity contribution in [3.05, 3.63) is 193 Å². The number of piperidine rings is 4. The van der Waals surface area contributed by atoms with E-state index in [9.17, 15) is 33.6 Å². The standard InChI is InChI=1S/C17H19N5O.C17H17N3OS.C16H23N5O.C15H16N6O.C13H17N5O4.C10H9BrN2O3S/c23-16-14-11-18-22(12-13-7-3-1-4-8-13)15(14)19-17(20-16)21-9-5-2-6-10-21;21-16-15-14(13(11-22-15)12-7-3-1-4-8-12)18-17(19-16)20-9-5-2-6-10-20;22-15-13-11-17-21(12-7-3-1-4-8-12)14(13)18-16(19-15)20-9-5-2-6-10-20;22-14-11-10-17-21(12-6-2-3-7-16-12)13(11)18-15(19-14)20-8-4-1-5-9-20;1-2-22-10(19)8-18-11-9(7-14-18)12(20)16-13(15-11)17-3-5-21-6-4-17;11-6-5-17-8-7(6)16-10(12-9(8)14)13-1-3-15-4-2-13/h1,3-4,7-8,11H,2,5-6,9-10,12H2,(H,19,20,23);1,3-4,7-8,11H,2,5-6,9-10H2,(H,18,19,21);11-12H,1-10H2,(H,18,19,22);2-3,6-7,10H,1,4-5,8-9H2,(H,18,19,22);7H,2-6,8H2,1H3,(H,15,16,20);5H,1-4H2. The monoisotopic (exact) mass is 1840 g/mol. The topological polar surface area (TPSA) is 420 Å². The number of esters is 1. The van der Waals surface area contributed by atoms with Gasteiger partial charge in [0.2, 0.25) is 29.7 Å². The van der Waals surface area contributed by atoms with Crippen molar-refractivity contribution in [2.75, 3.05) is 141 Å². The molecule has 37 nitrogen and oxygen atoms in total. The number of fused-ring (bicyclic) bond motifs is 6. The van der Waals surface area contributed by atoms with Crippen LogP contribution >= 0.6 is 38.6 Å². The SMILES string of the molecule is CCOC(=O)Cn1ncc2c(=O)[nH]c(N3CCOCC3)nc21.O=c1[nH]c(N2CCCCC2)nc2c(-c3ccccc3)csc12.O=c1[nH]c(N2CCCCC2)nc2c1cnn2-c1ccccn1.O=c1[nH]c(N2CCCCC2)nc2c1cnn2C1CCCCC1.O=c1[nH]c(N2CCCCC2)nc2c1cnn2Cc1ccccc1.O=c1nc(N2CCOCC2)oc2c(Br)csc12. The number of pyridine rings is 1. The van der Waals surface area contributed by atoms with Gasteiger partial charge in [0.05, 0.1) is 80.4 Å². The van der Waals surface area contributed by atoms with Crippen LogP contribution in [-0.2, 0) is 32.1 Å². The highest BCUT2D eigenvalue weighted by molar-refractivity contribution is 9.10. The summed E-state index contributed by atoms with van der Waals surface area (Å²) in [4.78, 5) is 143. The molecular formula is C88H101BrN26O11S2. The molecule has 0 spiro atoms. The Morgan fingerprint density at radius 2 is 0.914 bits per heavy atom. The Labute approximate surface area is 748 Å². The van der Waals surface area contributed by atoms with Gasteiger partial charge in [-0.15, -0.1) is 22.7 Å². The first-order valence-corrected chi connectivity index (χ1v) is 46.6. The molecular weight excluding hydrogens is 1740 g/mol. The summed E-state index contributed by atoms with van der Waals surface area (Å²) in [6.07, 6.45) is 28.2. The molecule has 0 radical (unpaired) electrons. The van der Waals surface area contributed by atoms with E-state index in [-0.39, 0.29) is 39.9 Å². The summed E-state index contributed by atoms with van der Waals surface area (Å²) in [6.45, 7) is 15.3. The number of nitrogens with one attached hydrogen (secondary N) is 5. The maximum Gasteiger partial charge on any atom is 0.327 e. The molecule has 40 heteroatoms. The second kappa shape index (κ2) is 41.4. The minimum atomic E-state index is -0.414. The molecule has 0 amide bonds. The van der Waals surface area contributed by atoms with Gasteiger partial charge >= 0.3 is 12.0 Å². The minimum Gasteiger partial charge on any atom is -0.465 e. The van der Waals surface area contributed by atoms with Gasteiger partial charge in [-0.2, -0.15) is 50.0 Å². The van der Waals surface area contributed by atoms with Crippen LogP contribution in [-0.4, -0.2) is 216 Å². The van der Waals surface area contributed by atoms with E-state index >= 15 is 0 Å². The van der Waals surface area contributed by atoms with Gasteiger partial charge < -0.3 is 48.0 Å². The van der Waals surface area contributed by atoms with Crippen molar-refractivity contribution >= 4 is 145 Å². The molecule has 0 atom stereocenters. The van der Waals surface area contributed by atoms with Crippen molar-refractivity contribution in [3.63, 3.8) is 0 Å². The molecule has 13 aromatic heterocycles. The van der Waals surface area contributed by atoms with Gasteiger partial charge in [0, 0.05) is 101 Å². The maximum atomic E-state index is 12.4. The molecule has 5 N–H and O–H groups in total. The van der Waals surface area contributed by atoms with Crippen LogP contribution in [0.15, 0.2) is 158 Å². The largest absolute Gasteiger partial charge is 0.465 e. The first-order chi connectivity index (χ1) is 62.7. The van der Waals surface area contributed by atoms with E-state index in [0.717, 1.165) is 142 Å². The van der Waals surface area contributed by atoms with Gasteiger partial charge in [-0.3, -0.25) is 58.5 Å². The van der Waals surface area contributed by atoms with Crippen LogP contribution in [0.1, 0.15) is 128 Å². The number of ether oxygens (including phenoxy) is 3. The van der Waals surface area contributed by atoms with Crippen LogP contribution in [0.4, 0.5) is 35.8 Å². The Balaban J connectivity index is 0.000000108. The molecule has 1 aliphatic carbocycles. The summed E-state index contributed by atoms with van der Waals surface area (Å²) in [5, 5.41) is 23.0. The summed E-state index contributed by atoms with van der Waals surface area (Å²) < 4.78 is 30.0. The minimum absolute atomic E-state index is 0.0299. The number of anilines is 6. The van der Waals surface area contributed by atoms with Crippen molar-refractivity contribution in [2.45, 2.75) is 135 Å². The molecule has 1 saturated carbocycles. The predicted octanol–water partition coefficient (Wildman–Crippen LogP) is 11.3. The van der Waals surface area contributed by atoms with Gasteiger partial charge in [-0.05, 0) is 136 Å². The van der Waals surface area contributed by atoms with Crippen LogP contribution in [0.3, 0.4) is 0 Å². The van der Waals surface area contributed by atoms with Gasteiger partial charge in [-0.25, -0.2) is 24.0 Å². The number of thiophene rings is 2. The van der Waals surface area contributed by atoms with E-state index < -0.39 is 5.97 Å². The lowest BCUT2D eigenvalue weighted by molar-refractivity contribution is -0.143. The average molecular weight is 1840 g/mol. The maximum absolute atomic E-state index is 12.4. The lowest BCUT2D eigenvalue weighted by atomic mass is 9.96. The quantitative estimate of drug-likeness (QED) is 0.0631. The van der Waals surface area contributed by atoms with E-state index in [1.807, 2.05) is 92.0 Å². The number of hydrogen-bond donors (Lipinski definition) is 5. The number of H-pyrrole nitrogens is 5.